The Balaban J connectivity index is 1.50. The third-order valence-corrected chi connectivity index (χ3v) is 5.66. The van der Waals surface area contributed by atoms with Crippen LogP contribution < -0.4 is 10.6 Å². The number of nitrogens with zero attached hydrogens (tertiary/aromatic N) is 2. The number of aromatic nitrogens is 2. The largest absolute Gasteiger partial charge is 0.330 e. The molecule has 0 spiro atoms. The highest BCUT2D eigenvalue weighted by Gasteiger charge is 2.09. The Labute approximate surface area is 165 Å². The zero-order chi connectivity index (χ0) is 18.4. The zero-order valence-corrected chi connectivity index (χ0v) is 16.4. The highest BCUT2D eigenvalue weighted by Crippen LogP contribution is 2.28. The fourth-order valence-corrected chi connectivity index (χ4v) is 3.92. The molecule has 2 N–H and O–H groups in total. The third kappa shape index (κ3) is 5.45. The van der Waals surface area contributed by atoms with Crippen molar-refractivity contribution in [3.63, 3.8) is 0 Å². The molecule has 0 radical (unpaired) electrons. The lowest BCUT2D eigenvalue weighted by molar-refractivity contribution is -0.113. The number of benzene rings is 2. The Hall–Kier alpha value is -2.09. The fraction of sp³-hybridized carbons (Fsp3) is 0.167. The highest BCUT2D eigenvalue weighted by molar-refractivity contribution is 8.01. The molecule has 1 aromatic heterocycles. The van der Waals surface area contributed by atoms with Crippen LogP contribution in [-0.2, 0) is 11.2 Å². The fourth-order valence-electron chi connectivity index (χ4n) is 2.16. The Bertz CT molecular complexity index is 883. The van der Waals surface area contributed by atoms with Crippen molar-refractivity contribution in [1.82, 2.24) is 10.2 Å². The van der Waals surface area contributed by atoms with Gasteiger partial charge in [0.1, 0.15) is 0 Å². The number of nitrogens with one attached hydrogen (secondary N) is 2. The Morgan fingerprint density at radius 2 is 1.96 bits per heavy atom. The molecule has 134 valence electrons. The van der Waals surface area contributed by atoms with Gasteiger partial charge in [0, 0.05) is 16.4 Å². The molecule has 0 aliphatic heterocycles. The molecule has 2 aromatic carbocycles. The topological polar surface area (TPSA) is 66.9 Å². The first kappa shape index (κ1) is 18.7. The SMILES string of the molecule is CCc1ccc(Nc2nnc(SCC(=O)Nc3cccc(Cl)c3)s2)cc1. The van der Waals surface area contributed by atoms with Gasteiger partial charge in [-0.05, 0) is 42.3 Å². The van der Waals surface area contributed by atoms with E-state index in [0.717, 1.165) is 16.4 Å². The maximum absolute atomic E-state index is 12.0. The normalized spacial score (nSPS) is 10.5. The van der Waals surface area contributed by atoms with Crippen LogP contribution in [0.2, 0.25) is 5.02 Å². The van der Waals surface area contributed by atoms with E-state index in [0.29, 0.717) is 15.8 Å². The summed E-state index contributed by atoms with van der Waals surface area (Å²) in [4.78, 5) is 12.0. The molecule has 0 aliphatic carbocycles. The van der Waals surface area contributed by atoms with Crippen molar-refractivity contribution >= 4 is 57.1 Å². The summed E-state index contributed by atoms with van der Waals surface area (Å²) < 4.78 is 0.735. The molecule has 0 saturated carbocycles. The number of thioether (sulfide) groups is 1. The molecule has 0 bridgehead atoms. The van der Waals surface area contributed by atoms with E-state index >= 15 is 0 Å². The minimum Gasteiger partial charge on any atom is -0.330 e. The van der Waals surface area contributed by atoms with Crippen molar-refractivity contribution in [2.75, 3.05) is 16.4 Å². The summed E-state index contributed by atoms with van der Waals surface area (Å²) in [6.07, 6.45) is 1.01. The Morgan fingerprint density at radius 3 is 2.69 bits per heavy atom. The van der Waals surface area contributed by atoms with Gasteiger partial charge in [0.25, 0.3) is 0 Å². The smallest absolute Gasteiger partial charge is 0.234 e. The Morgan fingerprint density at radius 1 is 1.15 bits per heavy atom. The summed E-state index contributed by atoms with van der Waals surface area (Å²) in [5, 5.41) is 15.5. The predicted molar refractivity (Wildman–Crippen MR) is 110 cm³/mol. The minimum absolute atomic E-state index is 0.114. The van der Waals surface area contributed by atoms with Crippen LogP contribution in [0.3, 0.4) is 0 Å². The van der Waals surface area contributed by atoms with E-state index in [1.165, 1.54) is 28.7 Å². The van der Waals surface area contributed by atoms with E-state index in [-0.39, 0.29) is 11.7 Å². The van der Waals surface area contributed by atoms with Gasteiger partial charge in [-0.25, -0.2) is 0 Å². The van der Waals surface area contributed by atoms with Crippen molar-refractivity contribution in [2.24, 2.45) is 0 Å². The molecule has 3 rings (SSSR count). The molecule has 3 aromatic rings. The first-order valence-corrected chi connectivity index (χ1v) is 10.2. The summed E-state index contributed by atoms with van der Waals surface area (Å²) in [6.45, 7) is 2.12. The predicted octanol–water partition coefficient (Wildman–Crippen LogP) is 5.23. The lowest BCUT2D eigenvalue weighted by Gasteiger charge is -2.04. The summed E-state index contributed by atoms with van der Waals surface area (Å²) in [5.74, 6) is 0.143. The van der Waals surface area contributed by atoms with E-state index < -0.39 is 0 Å². The second kappa shape index (κ2) is 9.02. The van der Waals surface area contributed by atoms with Crippen molar-refractivity contribution in [3.05, 3.63) is 59.1 Å². The number of carbonyl (C=O) groups excluding carboxylic acids is 1. The maximum Gasteiger partial charge on any atom is 0.234 e. The van der Waals surface area contributed by atoms with Gasteiger partial charge >= 0.3 is 0 Å². The molecule has 0 atom stereocenters. The van der Waals surface area contributed by atoms with Crippen molar-refractivity contribution in [1.29, 1.82) is 0 Å². The average Bonchev–Trinajstić information content (AvgIpc) is 3.08. The lowest BCUT2D eigenvalue weighted by atomic mass is 10.1. The second-order valence-corrected chi connectivity index (χ2v) is 8.03. The number of halogens is 1. The highest BCUT2D eigenvalue weighted by atomic mass is 35.5. The van der Waals surface area contributed by atoms with Gasteiger partial charge < -0.3 is 10.6 Å². The molecule has 26 heavy (non-hydrogen) atoms. The van der Waals surface area contributed by atoms with Crippen molar-refractivity contribution < 1.29 is 4.79 Å². The lowest BCUT2D eigenvalue weighted by Crippen LogP contribution is -2.13. The van der Waals surface area contributed by atoms with Gasteiger partial charge in [-0.1, -0.05) is 59.8 Å². The second-order valence-electron chi connectivity index (χ2n) is 5.40. The number of rotatable bonds is 7. The van der Waals surface area contributed by atoms with Crippen LogP contribution in [0, 0.1) is 0 Å². The van der Waals surface area contributed by atoms with Crippen molar-refractivity contribution in [2.45, 2.75) is 17.7 Å². The molecular formula is C18H17ClN4OS2. The molecule has 8 heteroatoms. The van der Waals surface area contributed by atoms with E-state index in [1.807, 2.05) is 12.1 Å². The van der Waals surface area contributed by atoms with Gasteiger partial charge in [-0.15, -0.1) is 10.2 Å². The number of hydrogen-bond acceptors (Lipinski definition) is 6. The first-order chi connectivity index (χ1) is 12.6. The number of aryl methyl sites for hydroxylation is 1. The Kier molecular flexibility index (Phi) is 6.49. The van der Waals surface area contributed by atoms with Gasteiger partial charge in [0.15, 0.2) is 4.34 Å². The number of anilines is 3. The average molecular weight is 405 g/mol. The molecule has 1 heterocycles. The van der Waals surface area contributed by atoms with E-state index in [9.17, 15) is 4.79 Å². The maximum atomic E-state index is 12.0. The minimum atomic E-state index is -0.114. The molecule has 0 saturated heterocycles. The van der Waals surface area contributed by atoms with Crippen LogP contribution in [0.1, 0.15) is 12.5 Å². The van der Waals surface area contributed by atoms with Crippen LogP contribution >= 0.6 is 34.7 Å². The van der Waals surface area contributed by atoms with Gasteiger partial charge in [0.05, 0.1) is 5.75 Å². The zero-order valence-electron chi connectivity index (χ0n) is 14.0. The van der Waals surface area contributed by atoms with Gasteiger partial charge in [0.2, 0.25) is 11.0 Å². The summed E-state index contributed by atoms with van der Waals surface area (Å²) in [5.41, 5.74) is 2.93. The first-order valence-electron chi connectivity index (χ1n) is 8.00. The molecule has 0 unspecified atom stereocenters. The molecule has 0 fully saturated rings. The number of amides is 1. The molecule has 5 nitrogen and oxygen atoms in total. The molecule has 0 aliphatic rings. The van der Waals surface area contributed by atoms with Crippen LogP contribution in [-0.4, -0.2) is 21.9 Å². The number of carbonyl (C=O) groups is 1. The summed E-state index contributed by atoms with van der Waals surface area (Å²) in [7, 11) is 0. The van der Waals surface area contributed by atoms with E-state index in [2.05, 4.69) is 39.9 Å². The van der Waals surface area contributed by atoms with E-state index in [1.54, 1.807) is 24.3 Å². The summed E-state index contributed by atoms with van der Waals surface area (Å²) >= 11 is 8.67. The van der Waals surface area contributed by atoms with Crippen LogP contribution in [0.5, 0.6) is 0 Å². The van der Waals surface area contributed by atoms with Gasteiger partial charge in [-0.2, -0.15) is 0 Å². The number of hydrogen-bond donors (Lipinski definition) is 2. The van der Waals surface area contributed by atoms with E-state index in [4.69, 9.17) is 11.6 Å². The monoisotopic (exact) mass is 404 g/mol. The molecule has 1 amide bonds. The standard InChI is InChI=1S/C18H17ClN4OS2/c1-2-12-6-8-14(9-7-12)21-17-22-23-18(26-17)25-11-16(24)20-15-5-3-4-13(19)10-15/h3-10H,2,11H2,1H3,(H,20,24)(H,21,22). The quantitative estimate of drug-likeness (QED) is 0.528. The van der Waals surface area contributed by atoms with Crippen molar-refractivity contribution in [3.8, 4) is 0 Å². The summed E-state index contributed by atoms with van der Waals surface area (Å²) in [6, 6.07) is 15.3. The third-order valence-electron chi connectivity index (χ3n) is 3.46. The van der Waals surface area contributed by atoms with Gasteiger partial charge in [-0.3, -0.25) is 4.79 Å². The van der Waals surface area contributed by atoms with Crippen LogP contribution in [0.25, 0.3) is 0 Å². The van der Waals surface area contributed by atoms with Crippen LogP contribution in [0.4, 0.5) is 16.5 Å². The molecular weight excluding hydrogens is 388 g/mol. The van der Waals surface area contributed by atoms with Crippen LogP contribution in [0.15, 0.2) is 52.9 Å².